The summed E-state index contributed by atoms with van der Waals surface area (Å²) in [4.78, 5) is 0. The highest BCUT2D eigenvalue weighted by atomic mass is 35.5. The van der Waals surface area contributed by atoms with E-state index in [1.165, 1.54) is 23.1 Å². The molecule has 0 heterocycles. The van der Waals surface area contributed by atoms with Crippen molar-refractivity contribution in [2.45, 2.75) is 26.2 Å². The Bertz CT molecular complexity index is 390. The van der Waals surface area contributed by atoms with E-state index in [1.54, 1.807) is 0 Å². The molecule has 0 unspecified atom stereocenters. The highest BCUT2D eigenvalue weighted by molar-refractivity contribution is 6.30. The van der Waals surface area contributed by atoms with Gasteiger partial charge in [-0.3, -0.25) is 0 Å². The van der Waals surface area contributed by atoms with E-state index in [-0.39, 0.29) is 0 Å². The molecule has 0 saturated carbocycles. The molecule has 0 N–H and O–H groups in total. The zero-order chi connectivity index (χ0) is 11.5. The zero-order valence-corrected chi connectivity index (χ0v) is 11.0. The molecule has 0 nitrogen and oxygen atoms in total. The monoisotopic (exact) mass is 254 g/mol. The van der Waals surface area contributed by atoms with Crippen molar-refractivity contribution in [3.63, 3.8) is 0 Å². The third-order valence-electron chi connectivity index (χ3n) is 3.27. The SMILES string of the molecule is C[C@H]1CCC(CCl)=C(c2ccc(Cl)cc2)C1. The predicted octanol–water partition coefficient (Wildman–Crippen LogP) is 5.15. The van der Waals surface area contributed by atoms with E-state index in [2.05, 4.69) is 19.1 Å². The van der Waals surface area contributed by atoms with Crippen LogP contribution in [0.3, 0.4) is 0 Å². The van der Waals surface area contributed by atoms with Gasteiger partial charge in [0.25, 0.3) is 0 Å². The lowest BCUT2D eigenvalue weighted by Crippen LogP contribution is -2.08. The second-order valence-electron chi connectivity index (χ2n) is 4.57. The van der Waals surface area contributed by atoms with E-state index in [1.807, 2.05) is 12.1 Å². The fourth-order valence-corrected chi connectivity index (χ4v) is 2.71. The molecule has 86 valence electrons. The van der Waals surface area contributed by atoms with Gasteiger partial charge in [-0.05, 0) is 48.4 Å². The molecule has 0 spiro atoms. The number of halogens is 2. The van der Waals surface area contributed by atoms with Crippen molar-refractivity contribution >= 4 is 28.8 Å². The van der Waals surface area contributed by atoms with Gasteiger partial charge in [0.1, 0.15) is 0 Å². The Morgan fingerprint density at radius 3 is 2.56 bits per heavy atom. The van der Waals surface area contributed by atoms with Gasteiger partial charge in [-0.1, -0.05) is 36.2 Å². The lowest BCUT2D eigenvalue weighted by molar-refractivity contribution is 0.524. The topological polar surface area (TPSA) is 0 Å². The van der Waals surface area contributed by atoms with Crippen molar-refractivity contribution in [1.82, 2.24) is 0 Å². The highest BCUT2D eigenvalue weighted by Gasteiger charge is 2.18. The van der Waals surface area contributed by atoms with E-state index in [4.69, 9.17) is 23.2 Å². The molecule has 2 heteroatoms. The van der Waals surface area contributed by atoms with Gasteiger partial charge in [0, 0.05) is 10.9 Å². The summed E-state index contributed by atoms with van der Waals surface area (Å²) in [5.74, 6) is 1.42. The van der Waals surface area contributed by atoms with Crippen LogP contribution in [0.4, 0.5) is 0 Å². The van der Waals surface area contributed by atoms with E-state index < -0.39 is 0 Å². The van der Waals surface area contributed by atoms with Crippen molar-refractivity contribution < 1.29 is 0 Å². The fourth-order valence-electron chi connectivity index (χ4n) is 2.29. The Balaban J connectivity index is 2.35. The summed E-state index contributed by atoms with van der Waals surface area (Å²) >= 11 is 11.9. The van der Waals surface area contributed by atoms with E-state index in [0.717, 1.165) is 23.8 Å². The van der Waals surface area contributed by atoms with Crippen LogP contribution in [0.1, 0.15) is 31.7 Å². The van der Waals surface area contributed by atoms with E-state index in [0.29, 0.717) is 5.88 Å². The lowest BCUT2D eigenvalue weighted by Gasteiger charge is -2.24. The van der Waals surface area contributed by atoms with E-state index in [9.17, 15) is 0 Å². The Labute approximate surface area is 107 Å². The minimum Gasteiger partial charge on any atom is -0.122 e. The fraction of sp³-hybridized carbons (Fsp3) is 0.429. The standard InChI is InChI=1S/C14H16Cl2/c1-10-2-3-12(9-15)14(8-10)11-4-6-13(16)7-5-11/h4-7,10H,2-3,8-9H2,1H3/t10-/m0/s1. The van der Waals surface area contributed by atoms with Crippen molar-refractivity contribution in [3.8, 4) is 0 Å². The third kappa shape index (κ3) is 2.61. The molecule has 0 radical (unpaired) electrons. The van der Waals surface area contributed by atoms with Crippen LogP contribution in [0.25, 0.3) is 5.57 Å². The van der Waals surface area contributed by atoms with Gasteiger partial charge in [0.05, 0.1) is 0 Å². The maximum Gasteiger partial charge on any atom is 0.0439 e. The highest BCUT2D eigenvalue weighted by Crippen LogP contribution is 2.36. The molecular weight excluding hydrogens is 239 g/mol. The molecule has 0 bridgehead atoms. The normalized spacial score (nSPS) is 21.3. The Morgan fingerprint density at radius 1 is 1.25 bits per heavy atom. The first-order valence-electron chi connectivity index (χ1n) is 5.73. The summed E-state index contributed by atoms with van der Waals surface area (Å²) in [5.41, 5.74) is 4.12. The molecular formula is C14H16Cl2. The first-order valence-corrected chi connectivity index (χ1v) is 6.64. The minimum atomic E-state index is 0.657. The zero-order valence-electron chi connectivity index (χ0n) is 9.47. The molecule has 1 aliphatic rings. The van der Waals surface area contributed by atoms with Gasteiger partial charge in [-0.15, -0.1) is 11.6 Å². The number of allylic oxidation sites excluding steroid dienone is 2. The van der Waals surface area contributed by atoms with Crippen LogP contribution in [0.5, 0.6) is 0 Å². The predicted molar refractivity (Wildman–Crippen MR) is 72.1 cm³/mol. The molecule has 0 amide bonds. The molecule has 0 fully saturated rings. The molecule has 1 aromatic carbocycles. The van der Waals surface area contributed by atoms with Gasteiger partial charge in [0.15, 0.2) is 0 Å². The second kappa shape index (κ2) is 5.25. The summed E-state index contributed by atoms with van der Waals surface area (Å²) in [7, 11) is 0. The maximum atomic E-state index is 6.02. The van der Waals surface area contributed by atoms with Gasteiger partial charge in [-0.2, -0.15) is 0 Å². The molecule has 0 saturated heterocycles. The number of benzene rings is 1. The van der Waals surface area contributed by atoms with Crippen LogP contribution in [0.2, 0.25) is 5.02 Å². The number of alkyl halides is 1. The molecule has 1 atom stereocenters. The summed E-state index contributed by atoms with van der Waals surface area (Å²) in [6.07, 6.45) is 3.55. The first kappa shape index (κ1) is 12.0. The van der Waals surface area contributed by atoms with Gasteiger partial charge in [-0.25, -0.2) is 0 Å². The summed E-state index contributed by atoms with van der Waals surface area (Å²) in [5, 5.41) is 0.792. The van der Waals surface area contributed by atoms with Crippen molar-refractivity contribution in [3.05, 3.63) is 40.4 Å². The average Bonchev–Trinajstić information content (AvgIpc) is 2.30. The smallest absolute Gasteiger partial charge is 0.0439 e. The van der Waals surface area contributed by atoms with Gasteiger partial charge < -0.3 is 0 Å². The van der Waals surface area contributed by atoms with Crippen molar-refractivity contribution in [1.29, 1.82) is 0 Å². The molecule has 1 aliphatic carbocycles. The van der Waals surface area contributed by atoms with Crippen LogP contribution in [-0.2, 0) is 0 Å². The maximum absolute atomic E-state index is 6.02. The van der Waals surface area contributed by atoms with Gasteiger partial charge >= 0.3 is 0 Å². The largest absolute Gasteiger partial charge is 0.122 e. The summed E-state index contributed by atoms with van der Waals surface area (Å²) in [6.45, 7) is 2.31. The second-order valence-corrected chi connectivity index (χ2v) is 5.27. The third-order valence-corrected chi connectivity index (χ3v) is 3.85. The molecule has 0 aliphatic heterocycles. The minimum absolute atomic E-state index is 0.657. The van der Waals surface area contributed by atoms with Gasteiger partial charge in [0.2, 0.25) is 0 Å². The van der Waals surface area contributed by atoms with Crippen molar-refractivity contribution in [2.75, 3.05) is 5.88 Å². The number of hydrogen-bond acceptors (Lipinski definition) is 0. The van der Waals surface area contributed by atoms with Crippen LogP contribution >= 0.6 is 23.2 Å². The van der Waals surface area contributed by atoms with Crippen LogP contribution in [-0.4, -0.2) is 5.88 Å². The lowest BCUT2D eigenvalue weighted by atomic mass is 9.82. The molecule has 0 aromatic heterocycles. The van der Waals surface area contributed by atoms with Crippen molar-refractivity contribution in [2.24, 2.45) is 5.92 Å². The quantitative estimate of drug-likeness (QED) is 0.641. The molecule has 16 heavy (non-hydrogen) atoms. The van der Waals surface area contributed by atoms with Crippen LogP contribution in [0, 0.1) is 5.92 Å². The Morgan fingerprint density at radius 2 is 1.94 bits per heavy atom. The average molecular weight is 255 g/mol. The molecule has 1 aromatic rings. The molecule has 2 rings (SSSR count). The number of hydrogen-bond donors (Lipinski definition) is 0. The first-order chi connectivity index (χ1) is 7.70. The number of rotatable bonds is 2. The Hall–Kier alpha value is -0.460. The van der Waals surface area contributed by atoms with Crippen LogP contribution < -0.4 is 0 Å². The summed E-state index contributed by atoms with van der Waals surface area (Å²) in [6, 6.07) is 8.11. The Kier molecular flexibility index (Phi) is 3.94. The van der Waals surface area contributed by atoms with Crippen LogP contribution in [0.15, 0.2) is 29.8 Å². The summed E-state index contributed by atoms with van der Waals surface area (Å²) < 4.78 is 0. The van der Waals surface area contributed by atoms with E-state index >= 15 is 0 Å².